The summed E-state index contributed by atoms with van der Waals surface area (Å²) >= 11 is 0. The van der Waals surface area contributed by atoms with Gasteiger partial charge in [0.1, 0.15) is 5.75 Å². The van der Waals surface area contributed by atoms with Crippen molar-refractivity contribution >= 4 is 0 Å². The van der Waals surface area contributed by atoms with Crippen LogP contribution in [0.5, 0.6) is 5.75 Å². The van der Waals surface area contributed by atoms with Crippen LogP contribution < -0.4 is 0 Å². The minimum Gasteiger partial charge on any atom is -0.508 e. The summed E-state index contributed by atoms with van der Waals surface area (Å²) in [6.45, 7) is 8.89. The normalized spacial score (nSPS) is 22.3. The van der Waals surface area contributed by atoms with Crippen LogP contribution in [-0.4, -0.2) is 39.1 Å². The van der Waals surface area contributed by atoms with Crippen molar-refractivity contribution in [3.8, 4) is 5.75 Å². The number of nitrogens with zero attached hydrogens (tertiary/aromatic N) is 1. The molecule has 1 aromatic rings. The van der Waals surface area contributed by atoms with Crippen LogP contribution >= 0.6 is 0 Å². The SMILES string of the molecule is CC1(C)CC(O)CC(C)(C)N1OCCc1ccccc1O. The van der Waals surface area contributed by atoms with Gasteiger partial charge in [0, 0.05) is 17.5 Å². The highest BCUT2D eigenvalue weighted by Gasteiger charge is 2.46. The molecule has 1 saturated heterocycles. The van der Waals surface area contributed by atoms with Gasteiger partial charge in [-0.15, -0.1) is 0 Å². The number of piperidine rings is 1. The van der Waals surface area contributed by atoms with E-state index in [1.165, 1.54) is 0 Å². The molecule has 1 aliphatic heterocycles. The van der Waals surface area contributed by atoms with Gasteiger partial charge < -0.3 is 10.2 Å². The van der Waals surface area contributed by atoms with Gasteiger partial charge in [0.15, 0.2) is 0 Å². The number of aromatic hydroxyl groups is 1. The van der Waals surface area contributed by atoms with Gasteiger partial charge in [-0.1, -0.05) is 18.2 Å². The van der Waals surface area contributed by atoms with Gasteiger partial charge in [-0.05, 0) is 52.2 Å². The maximum Gasteiger partial charge on any atom is 0.118 e. The van der Waals surface area contributed by atoms with E-state index < -0.39 is 0 Å². The number of phenolic OH excluding ortho intramolecular Hbond substituents is 1. The molecule has 0 aromatic heterocycles. The van der Waals surface area contributed by atoms with Crippen LogP contribution in [0.3, 0.4) is 0 Å². The van der Waals surface area contributed by atoms with E-state index in [4.69, 9.17) is 4.84 Å². The van der Waals surface area contributed by atoms with E-state index in [9.17, 15) is 10.2 Å². The van der Waals surface area contributed by atoms with E-state index in [1.54, 1.807) is 6.07 Å². The van der Waals surface area contributed by atoms with Crippen LogP contribution in [0.1, 0.15) is 46.1 Å². The molecule has 0 aliphatic carbocycles. The van der Waals surface area contributed by atoms with Gasteiger partial charge in [0.05, 0.1) is 12.7 Å². The van der Waals surface area contributed by atoms with Gasteiger partial charge in [-0.2, -0.15) is 5.06 Å². The lowest BCUT2D eigenvalue weighted by Gasteiger charge is -2.52. The van der Waals surface area contributed by atoms with Crippen LogP contribution in [0.4, 0.5) is 0 Å². The number of para-hydroxylation sites is 1. The van der Waals surface area contributed by atoms with E-state index in [0.717, 1.165) is 5.56 Å². The Hall–Kier alpha value is -1.10. The average Bonchev–Trinajstić information content (AvgIpc) is 2.32. The molecule has 4 nitrogen and oxygen atoms in total. The predicted octanol–water partition coefficient (Wildman–Crippen LogP) is 2.88. The van der Waals surface area contributed by atoms with Crippen molar-refractivity contribution in [3.63, 3.8) is 0 Å². The molecular weight excluding hydrogens is 266 g/mol. The third-order valence-electron chi connectivity index (χ3n) is 4.15. The lowest BCUT2D eigenvalue weighted by atomic mass is 9.80. The number of aliphatic hydroxyl groups is 1. The predicted molar refractivity (Wildman–Crippen MR) is 83.0 cm³/mol. The number of aliphatic hydroxyl groups excluding tert-OH is 1. The standard InChI is InChI=1S/C17H27NO3/c1-16(2)11-14(19)12-17(3,4)18(16)21-10-9-13-7-5-6-8-15(13)20/h5-8,14,19-20H,9-12H2,1-4H3. The minimum absolute atomic E-state index is 0.208. The van der Waals surface area contributed by atoms with Gasteiger partial charge in [-0.25, -0.2) is 0 Å². The highest BCUT2D eigenvalue weighted by molar-refractivity contribution is 5.31. The number of phenols is 1. The second-order valence-corrected chi connectivity index (χ2v) is 7.19. The fourth-order valence-corrected chi connectivity index (χ4v) is 3.53. The highest BCUT2D eigenvalue weighted by atomic mass is 16.7. The summed E-state index contributed by atoms with van der Waals surface area (Å²) in [5.74, 6) is 0.314. The molecule has 1 aliphatic rings. The van der Waals surface area contributed by atoms with E-state index in [1.807, 2.05) is 23.3 Å². The molecule has 0 saturated carbocycles. The molecule has 1 aromatic carbocycles. The molecule has 1 heterocycles. The Labute approximate surface area is 127 Å². The highest BCUT2D eigenvalue weighted by Crippen LogP contribution is 2.38. The Morgan fingerprint density at radius 2 is 1.71 bits per heavy atom. The number of rotatable bonds is 4. The van der Waals surface area contributed by atoms with Gasteiger partial charge in [0.2, 0.25) is 0 Å². The Balaban J connectivity index is 1.99. The number of hydrogen-bond donors (Lipinski definition) is 2. The summed E-state index contributed by atoms with van der Waals surface area (Å²) < 4.78 is 0. The van der Waals surface area contributed by atoms with E-state index in [2.05, 4.69) is 27.7 Å². The molecule has 0 atom stereocenters. The molecule has 21 heavy (non-hydrogen) atoms. The zero-order chi connectivity index (χ0) is 15.7. The van der Waals surface area contributed by atoms with Crippen molar-refractivity contribution < 1.29 is 15.1 Å². The van der Waals surface area contributed by atoms with Crippen molar-refractivity contribution in [2.24, 2.45) is 0 Å². The monoisotopic (exact) mass is 293 g/mol. The zero-order valence-electron chi connectivity index (χ0n) is 13.5. The quantitative estimate of drug-likeness (QED) is 0.896. The first-order valence-electron chi connectivity index (χ1n) is 7.60. The summed E-state index contributed by atoms with van der Waals surface area (Å²) in [6.07, 6.45) is 1.78. The fourth-order valence-electron chi connectivity index (χ4n) is 3.53. The summed E-state index contributed by atoms with van der Waals surface area (Å²) in [5.41, 5.74) is 0.477. The van der Waals surface area contributed by atoms with E-state index >= 15 is 0 Å². The molecule has 4 heteroatoms. The smallest absolute Gasteiger partial charge is 0.118 e. The maximum absolute atomic E-state index is 10.0. The number of hydroxylamine groups is 2. The van der Waals surface area contributed by atoms with Gasteiger partial charge in [0.25, 0.3) is 0 Å². The van der Waals surface area contributed by atoms with Crippen LogP contribution in [-0.2, 0) is 11.3 Å². The molecule has 0 unspecified atom stereocenters. The van der Waals surface area contributed by atoms with Crippen molar-refractivity contribution in [1.29, 1.82) is 0 Å². The van der Waals surface area contributed by atoms with Crippen molar-refractivity contribution in [2.45, 2.75) is 64.1 Å². The Morgan fingerprint density at radius 3 is 2.29 bits per heavy atom. The summed E-state index contributed by atoms with van der Waals surface area (Å²) in [5, 5.41) is 21.8. The first-order valence-corrected chi connectivity index (χ1v) is 7.60. The summed E-state index contributed by atoms with van der Waals surface area (Å²) in [4.78, 5) is 6.03. The van der Waals surface area contributed by atoms with E-state index in [0.29, 0.717) is 31.6 Å². The van der Waals surface area contributed by atoms with Crippen molar-refractivity contribution in [2.75, 3.05) is 6.61 Å². The molecule has 1 fully saturated rings. The molecule has 118 valence electrons. The largest absolute Gasteiger partial charge is 0.508 e. The molecule has 0 amide bonds. The lowest BCUT2D eigenvalue weighted by molar-refractivity contribution is -0.291. The Bertz CT molecular complexity index is 467. The van der Waals surface area contributed by atoms with Gasteiger partial charge in [-0.3, -0.25) is 4.84 Å². The molecular formula is C17H27NO3. The second-order valence-electron chi connectivity index (χ2n) is 7.19. The third-order valence-corrected chi connectivity index (χ3v) is 4.15. The van der Waals surface area contributed by atoms with Gasteiger partial charge >= 0.3 is 0 Å². The van der Waals surface area contributed by atoms with Crippen LogP contribution in [0.2, 0.25) is 0 Å². The summed E-state index contributed by atoms with van der Waals surface area (Å²) in [7, 11) is 0. The fraction of sp³-hybridized carbons (Fsp3) is 0.647. The average molecular weight is 293 g/mol. The molecule has 0 bridgehead atoms. The molecule has 0 spiro atoms. The Morgan fingerprint density at radius 1 is 1.14 bits per heavy atom. The van der Waals surface area contributed by atoms with Crippen molar-refractivity contribution in [3.05, 3.63) is 29.8 Å². The Kier molecular flexibility index (Phi) is 4.61. The minimum atomic E-state index is -0.284. The van der Waals surface area contributed by atoms with Crippen molar-refractivity contribution in [1.82, 2.24) is 5.06 Å². The summed E-state index contributed by atoms with van der Waals surface area (Å²) in [6, 6.07) is 7.34. The first-order chi connectivity index (χ1) is 9.72. The topological polar surface area (TPSA) is 52.9 Å². The molecule has 0 radical (unpaired) electrons. The maximum atomic E-state index is 10.0. The van der Waals surface area contributed by atoms with E-state index in [-0.39, 0.29) is 17.2 Å². The second kappa shape index (κ2) is 5.95. The third kappa shape index (κ3) is 3.76. The van der Waals surface area contributed by atoms with Crippen LogP contribution in [0.25, 0.3) is 0 Å². The number of hydrogen-bond acceptors (Lipinski definition) is 4. The molecule has 2 rings (SSSR count). The lowest BCUT2D eigenvalue weighted by Crippen LogP contribution is -2.61. The number of benzene rings is 1. The first kappa shape index (κ1) is 16.3. The van der Waals surface area contributed by atoms with Crippen LogP contribution in [0.15, 0.2) is 24.3 Å². The molecule has 2 N–H and O–H groups in total. The van der Waals surface area contributed by atoms with Crippen LogP contribution in [0, 0.1) is 0 Å². The zero-order valence-corrected chi connectivity index (χ0v) is 13.5.